The summed E-state index contributed by atoms with van der Waals surface area (Å²) in [6.45, 7) is 2.79. The Labute approximate surface area is 201 Å². The lowest BCUT2D eigenvalue weighted by atomic mass is 10.1. The van der Waals surface area contributed by atoms with Crippen molar-refractivity contribution in [2.24, 2.45) is 0 Å². The third-order valence-electron chi connectivity index (χ3n) is 5.03. The molecule has 3 heterocycles. The van der Waals surface area contributed by atoms with Crippen molar-refractivity contribution in [3.63, 3.8) is 0 Å². The third kappa shape index (κ3) is 4.83. The quantitative estimate of drug-likeness (QED) is 0.389. The summed E-state index contributed by atoms with van der Waals surface area (Å²) in [7, 11) is 0. The smallest absolute Gasteiger partial charge is 0.436 e. The summed E-state index contributed by atoms with van der Waals surface area (Å²) in [4.78, 5) is 28.9. The summed E-state index contributed by atoms with van der Waals surface area (Å²) in [6, 6.07) is 8.41. The molecular formula is C22H18ClF3N6O3. The Morgan fingerprint density at radius 2 is 2.00 bits per heavy atom. The zero-order valence-electron chi connectivity index (χ0n) is 18.4. The first-order chi connectivity index (χ1) is 16.6. The minimum atomic E-state index is -4.73. The lowest BCUT2D eigenvalue weighted by Crippen LogP contribution is -2.20. The molecule has 0 aliphatic heterocycles. The number of carbonyl (C=O) groups excluding carboxylic acids is 2. The minimum Gasteiger partial charge on any atom is -0.462 e. The number of rotatable bonds is 6. The van der Waals surface area contributed by atoms with Crippen LogP contribution in [0, 0.1) is 6.92 Å². The lowest BCUT2D eigenvalue weighted by Gasteiger charge is -2.10. The first-order valence-electron chi connectivity index (χ1n) is 10.3. The van der Waals surface area contributed by atoms with Gasteiger partial charge in [0.25, 0.3) is 0 Å². The van der Waals surface area contributed by atoms with E-state index in [9.17, 15) is 22.8 Å². The lowest BCUT2D eigenvalue weighted by molar-refractivity contribution is -0.141. The normalized spacial score (nSPS) is 11.6. The number of carbonyl (C=O) groups is 2. The molecule has 0 spiro atoms. The summed E-state index contributed by atoms with van der Waals surface area (Å²) in [6.07, 6.45) is -1.85. The van der Waals surface area contributed by atoms with Crippen LogP contribution >= 0.6 is 11.6 Å². The monoisotopic (exact) mass is 506 g/mol. The summed E-state index contributed by atoms with van der Waals surface area (Å²) < 4.78 is 46.5. The average molecular weight is 507 g/mol. The Kier molecular flexibility index (Phi) is 6.48. The molecule has 0 bridgehead atoms. The molecule has 1 aromatic carbocycles. The van der Waals surface area contributed by atoms with E-state index in [0.29, 0.717) is 22.6 Å². The highest BCUT2D eigenvalue weighted by Gasteiger charge is 2.38. The van der Waals surface area contributed by atoms with Crippen LogP contribution in [0.4, 0.5) is 18.9 Å². The van der Waals surface area contributed by atoms with Crippen molar-refractivity contribution >= 4 is 34.8 Å². The van der Waals surface area contributed by atoms with Crippen LogP contribution < -0.4 is 5.32 Å². The van der Waals surface area contributed by atoms with Gasteiger partial charge in [-0.2, -0.15) is 23.4 Å². The van der Waals surface area contributed by atoms with Crippen LogP contribution in [0.2, 0.25) is 5.02 Å². The zero-order chi connectivity index (χ0) is 25.3. The van der Waals surface area contributed by atoms with Gasteiger partial charge in [-0.05, 0) is 32.0 Å². The van der Waals surface area contributed by atoms with Crippen LogP contribution in [0.1, 0.15) is 28.7 Å². The number of halogens is 4. The highest BCUT2D eigenvalue weighted by molar-refractivity contribution is 6.32. The number of amides is 1. The van der Waals surface area contributed by atoms with Crippen molar-refractivity contribution in [1.29, 1.82) is 0 Å². The van der Waals surface area contributed by atoms with Crippen molar-refractivity contribution in [3.8, 4) is 11.3 Å². The maximum atomic E-state index is 13.0. The molecule has 0 saturated carbocycles. The van der Waals surface area contributed by atoms with Crippen LogP contribution in [0.15, 0.2) is 42.7 Å². The van der Waals surface area contributed by atoms with Gasteiger partial charge in [-0.1, -0.05) is 23.7 Å². The molecule has 0 radical (unpaired) electrons. The third-order valence-corrected chi connectivity index (χ3v) is 5.49. The van der Waals surface area contributed by atoms with E-state index in [1.807, 2.05) is 0 Å². The van der Waals surface area contributed by atoms with Crippen molar-refractivity contribution in [2.45, 2.75) is 26.6 Å². The van der Waals surface area contributed by atoms with E-state index in [1.165, 1.54) is 23.8 Å². The number of hydrogen-bond donors (Lipinski definition) is 1. The largest absolute Gasteiger partial charge is 0.462 e. The van der Waals surface area contributed by atoms with Gasteiger partial charge in [-0.25, -0.2) is 14.3 Å². The summed E-state index contributed by atoms with van der Waals surface area (Å²) >= 11 is 5.74. The first-order valence-corrected chi connectivity index (χ1v) is 10.7. The van der Waals surface area contributed by atoms with Crippen molar-refractivity contribution < 1.29 is 27.5 Å². The van der Waals surface area contributed by atoms with E-state index >= 15 is 0 Å². The number of ether oxygens (including phenoxy) is 1. The fourth-order valence-corrected chi connectivity index (χ4v) is 3.66. The van der Waals surface area contributed by atoms with Crippen LogP contribution in [-0.4, -0.2) is 42.9 Å². The minimum absolute atomic E-state index is 0.0261. The van der Waals surface area contributed by atoms with Gasteiger partial charge in [-0.3, -0.25) is 9.48 Å². The second-order valence-corrected chi connectivity index (χ2v) is 7.75. The van der Waals surface area contributed by atoms with Crippen LogP contribution in [0.5, 0.6) is 0 Å². The Morgan fingerprint density at radius 3 is 2.69 bits per heavy atom. The Bertz CT molecular complexity index is 1430. The molecule has 0 unspecified atom stereocenters. The van der Waals surface area contributed by atoms with Crippen molar-refractivity contribution in [1.82, 2.24) is 24.4 Å². The number of nitrogens with zero attached hydrogens (tertiary/aromatic N) is 5. The molecule has 0 fully saturated rings. The van der Waals surface area contributed by atoms with Crippen molar-refractivity contribution in [3.05, 3.63) is 64.7 Å². The number of aromatic nitrogens is 5. The van der Waals surface area contributed by atoms with E-state index in [4.69, 9.17) is 16.3 Å². The second-order valence-electron chi connectivity index (χ2n) is 7.38. The van der Waals surface area contributed by atoms with Gasteiger partial charge >= 0.3 is 12.1 Å². The fraction of sp³-hybridized carbons (Fsp3) is 0.227. The molecule has 0 aliphatic carbocycles. The van der Waals surface area contributed by atoms with Crippen LogP contribution in [0.3, 0.4) is 0 Å². The average Bonchev–Trinajstić information content (AvgIpc) is 3.36. The van der Waals surface area contributed by atoms with E-state index < -0.39 is 35.3 Å². The number of hydrogen-bond acceptors (Lipinski definition) is 6. The Balaban J connectivity index is 1.57. The molecule has 4 aromatic rings. The van der Waals surface area contributed by atoms with Crippen LogP contribution in [-0.2, 0) is 22.3 Å². The summed E-state index contributed by atoms with van der Waals surface area (Å²) in [5.74, 6) is -1.14. The van der Waals surface area contributed by atoms with Gasteiger partial charge < -0.3 is 10.1 Å². The fourth-order valence-electron chi connectivity index (χ4n) is 3.42. The van der Waals surface area contributed by atoms with Gasteiger partial charge in [-0.15, -0.1) is 0 Å². The maximum Gasteiger partial charge on any atom is 0.436 e. The SMILES string of the molecule is CCOC(=O)c1cnn2c(-c3cccc(NC(=O)Cn4nc(C(F)(F)F)c(Cl)c4C)c3)ccnc12. The number of esters is 1. The van der Waals surface area contributed by atoms with E-state index in [-0.39, 0.29) is 17.9 Å². The number of benzene rings is 1. The summed E-state index contributed by atoms with van der Waals surface area (Å²) in [5.41, 5.74) is 0.930. The van der Waals surface area contributed by atoms with Gasteiger partial charge in [0.05, 0.1) is 29.2 Å². The molecule has 0 saturated heterocycles. The van der Waals surface area contributed by atoms with Gasteiger partial charge in [0, 0.05) is 17.4 Å². The van der Waals surface area contributed by atoms with E-state index in [0.717, 1.165) is 4.68 Å². The topological polar surface area (TPSA) is 103 Å². The first kappa shape index (κ1) is 24.2. The summed E-state index contributed by atoms with van der Waals surface area (Å²) in [5, 5.41) is 9.76. The number of alkyl halides is 3. The molecule has 4 rings (SSSR count). The highest BCUT2D eigenvalue weighted by atomic mass is 35.5. The molecule has 3 aromatic heterocycles. The molecule has 1 amide bonds. The molecule has 0 aliphatic rings. The molecule has 13 heteroatoms. The number of anilines is 1. The van der Waals surface area contributed by atoms with Crippen LogP contribution in [0.25, 0.3) is 16.9 Å². The standard InChI is InChI=1S/C22H18ClF3N6O3/c1-3-35-21(34)15-10-28-32-16(7-8-27-20(15)32)13-5-4-6-14(9-13)29-17(33)11-31-12(2)18(23)19(30-31)22(24,25)26/h4-10H,3,11H2,1-2H3,(H,29,33). The van der Waals surface area contributed by atoms with Crippen molar-refractivity contribution in [2.75, 3.05) is 11.9 Å². The number of nitrogens with one attached hydrogen (secondary N) is 1. The van der Waals surface area contributed by atoms with Gasteiger partial charge in [0.1, 0.15) is 12.1 Å². The molecule has 1 N–H and O–H groups in total. The van der Waals surface area contributed by atoms with E-state index in [1.54, 1.807) is 37.3 Å². The molecular weight excluding hydrogens is 489 g/mol. The highest BCUT2D eigenvalue weighted by Crippen LogP contribution is 2.35. The second kappa shape index (κ2) is 9.37. The molecule has 0 atom stereocenters. The van der Waals surface area contributed by atoms with E-state index in [2.05, 4.69) is 20.5 Å². The predicted molar refractivity (Wildman–Crippen MR) is 120 cm³/mol. The maximum absolute atomic E-state index is 13.0. The number of fused-ring (bicyclic) bond motifs is 1. The van der Waals surface area contributed by atoms with Gasteiger partial charge in [0.15, 0.2) is 11.3 Å². The zero-order valence-corrected chi connectivity index (χ0v) is 19.2. The molecule has 182 valence electrons. The molecule has 9 nitrogen and oxygen atoms in total. The van der Waals surface area contributed by atoms with Gasteiger partial charge in [0.2, 0.25) is 5.91 Å². The Morgan fingerprint density at radius 1 is 1.23 bits per heavy atom. The predicted octanol–water partition coefficient (Wildman–Crippen LogP) is 4.39. The Hall–Kier alpha value is -3.93. The molecule has 35 heavy (non-hydrogen) atoms.